The predicted octanol–water partition coefficient (Wildman–Crippen LogP) is 6.33. The van der Waals surface area contributed by atoms with Crippen molar-refractivity contribution in [1.29, 1.82) is 0 Å². The smallest absolute Gasteiger partial charge is 0.229 e. The molecule has 0 aliphatic rings. The highest BCUT2D eigenvalue weighted by Crippen LogP contribution is 2.22. The summed E-state index contributed by atoms with van der Waals surface area (Å²) in [6.07, 6.45) is 4.63. The van der Waals surface area contributed by atoms with Gasteiger partial charge in [0, 0.05) is 32.6 Å². The van der Waals surface area contributed by atoms with Crippen LogP contribution in [0.2, 0.25) is 0 Å². The number of imidazole rings is 2. The fourth-order valence-corrected chi connectivity index (χ4v) is 5.84. The van der Waals surface area contributed by atoms with Crippen molar-refractivity contribution in [1.82, 2.24) is 19.1 Å². The third kappa shape index (κ3) is 7.86. The number of anilines is 2. The summed E-state index contributed by atoms with van der Waals surface area (Å²) >= 11 is 0. The van der Waals surface area contributed by atoms with Crippen LogP contribution in [-0.2, 0) is 49.8 Å². The van der Waals surface area contributed by atoms with Crippen LogP contribution in [0.3, 0.4) is 0 Å². The average Bonchev–Trinajstić information content (AvgIpc) is 3.53. The molecule has 0 saturated carbocycles. The minimum atomic E-state index is -3.30. The Labute approximate surface area is 269 Å². The van der Waals surface area contributed by atoms with E-state index in [4.69, 9.17) is 5.73 Å². The summed E-state index contributed by atoms with van der Waals surface area (Å²) in [6, 6.07) is 27.3. The SMILES string of the molecule is C=Nc1ccc(CCc2nc3cc(N)ccc3n2C)cc1.C=Nc1ccc(CCc2nc3cc(NS(C)(=O)=O)ccc3n2C)cc1. The van der Waals surface area contributed by atoms with E-state index in [1.807, 2.05) is 79.3 Å². The quantitative estimate of drug-likeness (QED) is 0.134. The summed E-state index contributed by atoms with van der Waals surface area (Å²) in [6.45, 7) is 7.04. The Morgan fingerprint density at radius 2 is 1.15 bits per heavy atom. The van der Waals surface area contributed by atoms with Crippen LogP contribution in [0.15, 0.2) is 94.9 Å². The second-order valence-corrected chi connectivity index (χ2v) is 12.9. The van der Waals surface area contributed by atoms with Gasteiger partial charge < -0.3 is 14.9 Å². The Bertz CT molecular complexity index is 2110. The normalized spacial score (nSPS) is 11.3. The van der Waals surface area contributed by atoms with E-state index in [-0.39, 0.29) is 0 Å². The summed E-state index contributed by atoms with van der Waals surface area (Å²) < 4.78 is 29.4. The minimum absolute atomic E-state index is 0.521. The van der Waals surface area contributed by atoms with Crippen LogP contribution in [0.25, 0.3) is 22.1 Å². The van der Waals surface area contributed by atoms with Crippen LogP contribution in [0.1, 0.15) is 22.8 Å². The van der Waals surface area contributed by atoms with Crippen molar-refractivity contribution in [2.45, 2.75) is 25.7 Å². The maximum Gasteiger partial charge on any atom is 0.229 e. The Morgan fingerprint density at radius 1 is 0.696 bits per heavy atom. The van der Waals surface area contributed by atoms with Gasteiger partial charge in [0.1, 0.15) is 11.6 Å². The number of aryl methyl sites for hydroxylation is 6. The highest BCUT2D eigenvalue weighted by Gasteiger charge is 2.11. The molecule has 10 nitrogen and oxygen atoms in total. The fourth-order valence-electron chi connectivity index (χ4n) is 5.29. The van der Waals surface area contributed by atoms with Crippen molar-refractivity contribution in [2.24, 2.45) is 24.1 Å². The largest absolute Gasteiger partial charge is 0.399 e. The van der Waals surface area contributed by atoms with Gasteiger partial charge in [-0.1, -0.05) is 24.3 Å². The van der Waals surface area contributed by atoms with E-state index in [1.54, 1.807) is 12.1 Å². The molecule has 0 spiro atoms. The molecule has 0 aliphatic carbocycles. The molecule has 6 aromatic rings. The molecule has 3 N–H and O–H groups in total. The Kier molecular flexibility index (Phi) is 9.62. The number of rotatable bonds is 10. The average molecular weight is 635 g/mol. The highest BCUT2D eigenvalue weighted by atomic mass is 32.2. The number of aliphatic imine (C=N–C) groups is 2. The fraction of sp³-hybridized carbons (Fsp3) is 0.200. The number of fused-ring (bicyclic) bond motifs is 2. The standard InChI is InChI=1S/C18H20N4O2S.C17H18N4/c1-19-14-7-4-13(5-8-14)6-11-18-20-16-12-15(21-25(3,23)24)9-10-17(16)22(18)2;1-19-14-7-3-12(4-8-14)5-10-17-20-15-11-13(18)6-9-16(15)21(17)2/h4-5,7-10,12,21H,1,6,11H2,2-3H3;3-4,6-9,11H,1,5,10,18H2,2H3. The van der Waals surface area contributed by atoms with Crippen molar-refractivity contribution in [3.05, 3.63) is 108 Å². The van der Waals surface area contributed by atoms with Crippen LogP contribution in [-0.4, -0.2) is 47.2 Å². The molecule has 0 fully saturated rings. The van der Waals surface area contributed by atoms with Crippen molar-refractivity contribution < 1.29 is 8.42 Å². The lowest BCUT2D eigenvalue weighted by atomic mass is 10.1. The summed E-state index contributed by atoms with van der Waals surface area (Å²) in [5.41, 5.74) is 15.1. The van der Waals surface area contributed by atoms with E-state index in [2.05, 4.69) is 54.8 Å². The highest BCUT2D eigenvalue weighted by molar-refractivity contribution is 7.92. The number of hydrogen-bond donors (Lipinski definition) is 2. The molecular weight excluding hydrogens is 597 g/mol. The summed E-state index contributed by atoms with van der Waals surface area (Å²) in [5.74, 6) is 2.03. The molecule has 236 valence electrons. The molecule has 0 aliphatic heterocycles. The van der Waals surface area contributed by atoms with Gasteiger partial charge in [0.15, 0.2) is 0 Å². The van der Waals surface area contributed by atoms with Crippen molar-refractivity contribution in [2.75, 3.05) is 16.7 Å². The molecule has 0 bridgehead atoms. The first kappa shape index (κ1) is 32.1. The molecule has 0 atom stereocenters. The summed E-state index contributed by atoms with van der Waals surface area (Å²) in [5, 5.41) is 0. The van der Waals surface area contributed by atoms with E-state index in [0.717, 1.165) is 82.7 Å². The molecule has 0 amide bonds. The number of benzene rings is 4. The number of nitrogens with zero attached hydrogens (tertiary/aromatic N) is 6. The van der Waals surface area contributed by atoms with Crippen molar-refractivity contribution in [3.8, 4) is 0 Å². The Balaban J connectivity index is 0.000000184. The van der Waals surface area contributed by atoms with Crippen LogP contribution in [0, 0.1) is 0 Å². The third-order valence-corrected chi connectivity index (χ3v) is 8.39. The molecule has 4 aromatic carbocycles. The number of nitrogens with two attached hydrogens (primary N) is 1. The van der Waals surface area contributed by atoms with Gasteiger partial charge in [0.25, 0.3) is 0 Å². The number of hydrogen-bond acceptors (Lipinski definition) is 7. The zero-order valence-electron chi connectivity index (χ0n) is 26.3. The van der Waals surface area contributed by atoms with Gasteiger partial charge in [0.2, 0.25) is 10.0 Å². The first-order valence-electron chi connectivity index (χ1n) is 14.8. The Hall–Kier alpha value is -5.29. The van der Waals surface area contributed by atoms with E-state index in [0.29, 0.717) is 5.69 Å². The van der Waals surface area contributed by atoms with Crippen molar-refractivity contribution in [3.63, 3.8) is 0 Å². The van der Waals surface area contributed by atoms with Gasteiger partial charge in [-0.15, -0.1) is 0 Å². The Morgan fingerprint density at radius 3 is 1.61 bits per heavy atom. The zero-order chi connectivity index (χ0) is 32.8. The molecule has 2 aromatic heterocycles. The topological polar surface area (TPSA) is 133 Å². The van der Waals surface area contributed by atoms with Gasteiger partial charge in [-0.05, 0) is 98.1 Å². The summed E-state index contributed by atoms with van der Waals surface area (Å²) in [4.78, 5) is 17.1. The number of nitrogens with one attached hydrogen (secondary N) is 1. The number of aromatic nitrogens is 4. The van der Waals surface area contributed by atoms with Crippen LogP contribution in [0.4, 0.5) is 22.7 Å². The molecule has 0 saturated heterocycles. The van der Waals surface area contributed by atoms with Gasteiger partial charge in [-0.2, -0.15) is 0 Å². The first-order chi connectivity index (χ1) is 22.0. The lowest BCUT2D eigenvalue weighted by Crippen LogP contribution is -2.09. The molecular formula is C35H38N8O2S. The molecule has 46 heavy (non-hydrogen) atoms. The molecule has 6 rings (SSSR count). The molecule has 0 radical (unpaired) electrons. The van der Waals surface area contributed by atoms with Gasteiger partial charge >= 0.3 is 0 Å². The summed E-state index contributed by atoms with van der Waals surface area (Å²) in [7, 11) is 0.721. The van der Waals surface area contributed by atoms with Gasteiger partial charge in [-0.3, -0.25) is 14.7 Å². The predicted molar refractivity (Wildman–Crippen MR) is 190 cm³/mol. The minimum Gasteiger partial charge on any atom is -0.399 e. The van der Waals surface area contributed by atoms with Gasteiger partial charge in [-0.25, -0.2) is 18.4 Å². The van der Waals surface area contributed by atoms with Crippen LogP contribution >= 0.6 is 0 Å². The molecule has 0 unspecified atom stereocenters. The number of sulfonamides is 1. The lowest BCUT2D eigenvalue weighted by molar-refractivity contribution is 0.607. The van der Waals surface area contributed by atoms with Crippen molar-refractivity contribution >= 4 is 68.3 Å². The zero-order valence-corrected chi connectivity index (χ0v) is 27.1. The monoisotopic (exact) mass is 634 g/mol. The van der Waals surface area contributed by atoms with Crippen LogP contribution in [0.5, 0.6) is 0 Å². The van der Waals surface area contributed by atoms with Crippen LogP contribution < -0.4 is 10.5 Å². The maximum atomic E-state index is 11.4. The second kappa shape index (κ2) is 13.8. The number of nitrogen functional groups attached to an aromatic ring is 1. The first-order valence-corrected chi connectivity index (χ1v) is 16.7. The van der Waals surface area contributed by atoms with E-state index in [9.17, 15) is 8.42 Å². The van der Waals surface area contributed by atoms with E-state index in [1.165, 1.54) is 11.1 Å². The maximum absolute atomic E-state index is 11.4. The van der Waals surface area contributed by atoms with E-state index < -0.39 is 10.0 Å². The third-order valence-electron chi connectivity index (χ3n) is 7.79. The lowest BCUT2D eigenvalue weighted by Gasteiger charge is -2.04. The molecule has 11 heteroatoms. The van der Waals surface area contributed by atoms with Gasteiger partial charge in [0.05, 0.1) is 45.4 Å². The second-order valence-electron chi connectivity index (χ2n) is 11.1. The molecule has 2 heterocycles. The van der Waals surface area contributed by atoms with E-state index >= 15 is 0 Å².